The van der Waals surface area contributed by atoms with Crippen LogP contribution in [0.15, 0.2) is 0 Å². The Morgan fingerprint density at radius 3 is 2.06 bits per heavy atom. The van der Waals surface area contributed by atoms with Gasteiger partial charge in [0.25, 0.3) is 0 Å². The largest absolute Gasteiger partial charge is 0.326 e. The van der Waals surface area contributed by atoms with E-state index in [2.05, 4.69) is 32.6 Å². The SMILES string of the molecule is CCC1(CC)CCN(CCCC(C)(C)N)CC1. The number of hydrogen-bond acceptors (Lipinski definition) is 2. The third-order valence-corrected chi connectivity index (χ3v) is 4.71. The van der Waals surface area contributed by atoms with Gasteiger partial charge in [-0.05, 0) is 64.6 Å². The maximum absolute atomic E-state index is 6.02. The Labute approximate surface area is 108 Å². The van der Waals surface area contributed by atoms with Gasteiger partial charge in [0, 0.05) is 5.54 Å². The second-order valence-corrected chi connectivity index (χ2v) is 6.64. The second kappa shape index (κ2) is 6.19. The van der Waals surface area contributed by atoms with Crippen LogP contribution in [-0.4, -0.2) is 30.1 Å². The Morgan fingerprint density at radius 1 is 1.12 bits per heavy atom. The Morgan fingerprint density at radius 2 is 1.65 bits per heavy atom. The van der Waals surface area contributed by atoms with Gasteiger partial charge in [-0.2, -0.15) is 0 Å². The molecule has 1 heterocycles. The molecule has 1 aliphatic rings. The van der Waals surface area contributed by atoms with E-state index in [1.54, 1.807) is 0 Å². The molecular formula is C15H32N2. The lowest BCUT2D eigenvalue weighted by Gasteiger charge is -2.41. The molecule has 0 aromatic rings. The summed E-state index contributed by atoms with van der Waals surface area (Å²) >= 11 is 0. The minimum Gasteiger partial charge on any atom is -0.326 e. The number of piperidine rings is 1. The summed E-state index contributed by atoms with van der Waals surface area (Å²) in [5.74, 6) is 0. The summed E-state index contributed by atoms with van der Waals surface area (Å²) in [5, 5.41) is 0. The van der Waals surface area contributed by atoms with Crippen molar-refractivity contribution in [3.63, 3.8) is 0 Å². The zero-order valence-electron chi connectivity index (χ0n) is 12.4. The average Bonchev–Trinajstić information content (AvgIpc) is 2.29. The molecule has 1 saturated heterocycles. The van der Waals surface area contributed by atoms with Crippen molar-refractivity contribution in [1.82, 2.24) is 4.90 Å². The van der Waals surface area contributed by atoms with Crippen molar-refractivity contribution in [3.05, 3.63) is 0 Å². The zero-order chi connectivity index (χ0) is 12.9. The lowest BCUT2D eigenvalue weighted by Crippen LogP contribution is -2.40. The summed E-state index contributed by atoms with van der Waals surface area (Å²) in [6.45, 7) is 12.8. The molecule has 1 rings (SSSR count). The van der Waals surface area contributed by atoms with Gasteiger partial charge in [0.1, 0.15) is 0 Å². The van der Waals surface area contributed by atoms with Crippen molar-refractivity contribution in [3.8, 4) is 0 Å². The van der Waals surface area contributed by atoms with Gasteiger partial charge in [-0.3, -0.25) is 0 Å². The van der Waals surface area contributed by atoms with Crippen molar-refractivity contribution in [1.29, 1.82) is 0 Å². The van der Waals surface area contributed by atoms with Gasteiger partial charge in [0.2, 0.25) is 0 Å². The van der Waals surface area contributed by atoms with E-state index in [0.29, 0.717) is 5.41 Å². The Bertz CT molecular complexity index is 203. The average molecular weight is 240 g/mol. The minimum atomic E-state index is 0.00633. The highest BCUT2D eigenvalue weighted by atomic mass is 15.1. The fourth-order valence-corrected chi connectivity index (χ4v) is 2.97. The smallest absolute Gasteiger partial charge is 0.00975 e. The molecule has 17 heavy (non-hydrogen) atoms. The van der Waals surface area contributed by atoms with Crippen LogP contribution in [0.2, 0.25) is 0 Å². The maximum Gasteiger partial charge on any atom is 0.00975 e. The van der Waals surface area contributed by atoms with Gasteiger partial charge in [-0.15, -0.1) is 0 Å². The van der Waals surface area contributed by atoms with Gasteiger partial charge in [-0.1, -0.05) is 26.7 Å². The van der Waals surface area contributed by atoms with Crippen LogP contribution in [0.3, 0.4) is 0 Å². The van der Waals surface area contributed by atoms with Crippen LogP contribution in [0.5, 0.6) is 0 Å². The monoisotopic (exact) mass is 240 g/mol. The maximum atomic E-state index is 6.02. The standard InChI is InChI=1S/C15H32N2/c1-5-15(6-2)9-12-17(13-10-15)11-7-8-14(3,4)16/h5-13,16H2,1-4H3. The van der Waals surface area contributed by atoms with Crippen LogP contribution in [0.1, 0.15) is 66.2 Å². The second-order valence-electron chi connectivity index (χ2n) is 6.64. The fourth-order valence-electron chi connectivity index (χ4n) is 2.97. The van der Waals surface area contributed by atoms with E-state index in [0.717, 1.165) is 6.42 Å². The van der Waals surface area contributed by atoms with Crippen LogP contribution in [0.25, 0.3) is 0 Å². The molecule has 0 saturated carbocycles. The highest BCUT2D eigenvalue weighted by Gasteiger charge is 2.30. The Kier molecular flexibility index (Phi) is 5.46. The Hall–Kier alpha value is -0.0800. The molecule has 2 heteroatoms. The van der Waals surface area contributed by atoms with Gasteiger partial charge < -0.3 is 10.6 Å². The first-order valence-corrected chi connectivity index (χ1v) is 7.42. The van der Waals surface area contributed by atoms with E-state index in [4.69, 9.17) is 5.73 Å². The van der Waals surface area contributed by atoms with E-state index in [1.807, 2.05) is 0 Å². The first-order chi connectivity index (χ1) is 7.91. The molecule has 0 spiro atoms. The lowest BCUT2D eigenvalue weighted by molar-refractivity contribution is 0.0933. The van der Waals surface area contributed by atoms with Crippen molar-refractivity contribution in [2.24, 2.45) is 11.1 Å². The topological polar surface area (TPSA) is 29.3 Å². The van der Waals surface area contributed by atoms with Crippen LogP contribution in [0.4, 0.5) is 0 Å². The molecule has 102 valence electrons. The van der Waals surface area contributed by atoms with E-state index in [9.17, 15) is 0 Å². The fraction of sp³-hybridized carbons (Fsp3) is 1.00. The van der Waals surface area contributed by atoms with E-state index < -0.39 is 0 Å². The predicted octanol–water partition coefficient (Wildman–Crippen LogP) is 3.41. The third-order valence-electron chi connectivity index (χ3n) is 4.71. The van der Waals surface area contributed by atoms with E-state index >= 15 is 0 Å². The zero-order valence-corrected chi connectivity index (χ0v) is 12.4. The summed E-state index contributed by atoms with van der Waals surface area (Å²) in [4.78, 5) is 2.63. The molecular weight excluding hydrogens is 208 g/mol. The molecule has 2 nitrogen and oxygen atoms in total. The molecule has 0 aliphatic carbocycles. The first kappa shape index (κ1) is 15.0. The third kappa shape index (κ3) is 4.97. The van der Waals surface area contributed by atoms with Gasteiger partial charge >= 0.3 is 0 Å². The molecule has 1 aliphatic heterocycles. The first-order valence-electron chi connectivity index (χ1n) is 7.42. The van der Waals surface area contributed by atoms with Crippen molar-refractivity contribution in [2.75, 3.05) is 19.6 Å². The molecule has 0 amide bonds. The van der Waals surface area contributed by atoms with Crippen LogP contribution >= 0.6 is 0 Å². The van der Waals surface area contributed by atoms with E-state index in [1.165, 1.54) is 51.7 Å². The molecule has 2 N–H and O–H groups in total. The van der Waals surface area contributed by atoms with Gasteiger partial charge in [0.15, 0.2) is 0 Å². The molecule has 0 radical (unpaired) electrons. The number of nitrogens with two attached hydrogens (primary N) is 1. The lowest BCUT2D eigenvalue weighted by atomic mass is 9.74. The number of likely N-dealkylation sites (tertiary alicyclic amines) is 1. The highest BCUT2D eigenvalue weighted by molar-refractivity contribution is 4.84. The summed E-state index contributed by atoms with van der Waals surface area (Å²) in [7, 11) is 0. The van der Waals surface area contributed by atoms with Crippen LogP contribution < -0.4 is 5.73 Å². The van der Waals surface area contributed by atoms with Crippen molar-refractivity contribution < 1.29 is 0 Å². The van der Waals surface area contributed by atoms with Gasteiger partial charge in [-0.25, -0.2) is 0 Å². The summed E-state index contributed by atoms with van der Waals surface area (Å²) in [5.41, 5.74) is 6.68. The highest BCUT2D eigenvalue weighted by Crippen LogP contribution is 2.37. The Balaban J connectivity index is 2.23. The molecule has 0 unspecified atom stereocenters. The van der Waals surface area contributed by atoms with Crippen molar-refractivity contribution >= 4 is 0 Å². The molecule has 1 fully saturated rings. The number of hydrogen-bond donors (Lipinski definition) is 1. The summed E-state index contributed by atoms with van der Waals surface area (Å²) in [6, 6.07) is 0. The quantitative estimate of drug-likeness (QED) is 0.771. The molecule has 0 bridgehead atoms. The minimum absolute atomic E-state index is 0.00633. The molecule has 0 atom stereocenters. The van der Waals surface area contributed by atoms with Crippen LogP contribution in [-0.2, 0) is 0 Å². The molecule has 0 aromatic carbocycles. The summed E-state index contributed by atoms with van der Waals surface area (Å²) in [6.07, 6.45) is 7.88. The number of nitrogens with zero attached hydrogens (tertiary/aromatic N) is 1. The summed E-state index contributed by atoms with van der Waals surface area (Å²) < 4.78 is 0. The van der Waals surface area contributed by atoms with E-state index in [-0.39, 0.29) is 5.54 Å². The van der Waals surface area contributed by atoms with Crippen LogP contribution in [0, 0.1) is 5.41 Å². The number of rotatable bonds is 6. The normalized spacial score (nSPS) is 21.7. The predicted molar refractivity (Wildman–Crippen MR) is 76.2 cm³/mol. The van der Waals surface area contributed by atoms with Gasteiger partial charge in [0.05, 0.1) is 0 Å². The molecule has 0 aromatic heterocycles. The van der Waals surface area contributed by atoms with Crippen molar-refractivity contribution in [2.45, 2.75) is 71.8 Å².